The van der Waals surface area contributed by atoms with Crippen molar-refractivity contribution in [3.05, 3.63) is 28.5 Å². The monoisotopic (exact) mass is 323 g/mol. The lowest BCUT2D eigenvalue weighted by Gasteiger charge is -2.09. The van der Waals surface area contributed by atoms with Gasteiger partial charge in [-0.15, -0.1) is 0 Å². The second-order valence-electron chi connectivity index (χ2n) is 4.23. The molecule has 0 amide bonds. The summed E-state index contributed by atoms with van der Waals surface area (Å²) in [6, 6.07) is 4.13. The van der Waals surface area contributed by atoms with Crippen LogP contribution in [0, 0.1) is 11.7 Å². The van der Waals surface area contributed by atoms with E-state index < -0.39 is 15.8 Å². The summed E-state index contributed by atoms with van der Waals surface area (Å²) in [5, 5.41) is 0. The van der Waals surface area contributed by atoms with Crippen molar-refractivity contribution in [2.45, 2.75) is 20.3 Å². The van der Waals surface area contributed by atoms with Crippen LogP contribution in [-0.4, -0.2) is 14.2 Å². The number of benzene rings is 1. The lowest BCUT2D eigenvalue weighted by atomic mass is 10.2. The molecule has 0 unspecified atom stereocenters. The first-order chi connectivity index (χ1) is 7.80. The van der Waals surface area contributed by atoms with E-state index in [1.165, 1.54) is 12.1 Å². The summed E-state index contributed by atoms with van der Waals surface area (Å²) in [5.41, 5.74) is 0.245. The largest absolute Gasteiger partial charge is 0.283 e. The van der Waals surface area contributed by atoms with Gasteiger partial charge < -0.3 is 0 Å². The lowest BCUT2D eigenvalue weighted by Crippen LogP contribution is -2.18. The van der Waals surface area contributed by atoms with Crippen molar-refractivity contribution in [3.63, 3.8) is 0 Å². The zero-order valence-electron chi connectivity index (χ0n) is 9.70. The van der Waals surface area contributed by atoms with E-state index in [-0.39, 0.29) is 11.4 Å². The smallest absolute Gasteiger partial charge is 0.232 e. The molecule has 0 aliphatic rings. The van der Waals surface area contributed by atoms with Gasteiger partial charge in [0.25, 0.3) is 0 Å². The van der Waals surface area contributed by atoms with Crippen LogP contribution in [0.2, 0.25) is 0 Å². The molecule has 0 heterocycles. The number of hydrogen-bond acceptors (Lipinski definition) is 2. The van der Waals surface area contributed by atoms with Crippen LogP contribution in [0.3, 0.4) is 0 Å². The first kappa shape index (κ1) is 14.4. The predicted molar refractivity (Wildman–Crippen MR) is 71.0 cm³/mol. The number of sulfonamides is 1. The van der Waals surface area contributed by atoms with Crippen LogP contribution < -0.4 is 4.72 Å². The molecule has 96 valence electrons. The highest BCUT2D eigenvalue weighted by molar-refractivity contribution is 9.10. The first-order valence-corrected chi connectivity index (χ1v) is 7.70. The van der Waals surface area contributed by atoms with E-state index in [1.54, 1.807) is 0 Å². The highest BCUT2D eigenvalue weighted by atomic mass is 79.9. The van der Waals surface area contributed by atoms with Crippen molar-refractivity contribution < 1.29 is 12.8 Å². The summed E-state index contributed by atoms with van der Waals surface area (Å²) in [7, 11) is -3.39. The van der Waals surface area contributed by atoms with E-state index in [1.807, 2.05) is 13.8 Å². The Hall–Kier alpha value is -0.620. The Morgan fingerprint density at radius 3 is 2.59 bits per heavy atom. The fourth-order valence-corrected chi connectivity index (χ4v) is 2.80. The number of halogens is 2. The Balaban J connectivity index is 2.73. The SMILES string of the molecule is CC(C)CCS(=O)(=O)Nc1ccc(Br)c(F)c1. The molecule has 1 N–H and O–H groups in total. The van der Waals surface area contributed by atoms with Gasteiger partial charge >= 0.3 is 0 Å². The van der Waals surface area contributed by atoms with E-state index in [4.69, 9.17) is 0 Å². The summed E-state index contributed by atoms with van der Waals surface area (Å²) in [4.78, 5) is 0. The fraction of sp³-hybridized carbons (Fsp3) is 0.455. The van der Waals surface area contributed by atoms with Crippen molar-refractivity contribution in [1.29, 1.82) is 0 Å². The number of rotatable bonds is 5. The Labute approximate surface area is 110 Å². The summed E-state index contributed by atoms with van der Waals surface area (Å²) < 4.78 is 39.2. The molecule has 0 fully saturated rings. The highest BCUT2D eigenvalue weighted by Crippen LogP contribution is 2.20. The average molecular weight is 324 g/mol. The van der Waals surface area contributed by atoms with E-state index in [2.05, 4.69) is 20.7 Å². The van der Waals surface area contributed by atoms with Crippen LogP contribution in [-0.2, 0) is 10.0 Å². The number of nitrogens with one attached hydrogen (secondary N) is 1. The first-order valence-electron chi connectivity index (χ1n) is 5.26. The molecule has 17 heavy (non-hydrogen) atoms. The molecule has 0 aliphatic carbocycles. The Morgan fingerprint density at radius 2 is 2.06 bits per heavy atom. The van der Waals surface area contributed by atoms with Crippen LogP contribution in [0.5, 0.6) is 0 Å². The zero-order chi connectivity index (χ0) is 13.1. The van der Waals surface area contributed by atoms with Crippen LogP contribution in [0.15, 0.2) is 22.7 Å². The Bertz CT molecular complexity index is 488. The van der Waals surface area contributed by atoms with Crippen molar-refractivity contribution in [1.82, 2.24) is 0 Å². The van der Waals surface area contributed by atoms with E-state index in [0.717, 1.165) is 6.07 Å². The number of anilines is 1. The highest BCUT2D eigenvalue weighted by Gasteiger charge is 2.12. The molecule has 1 aromatic rings. The van der Waals surface area contributed by atoms with Gasteiger partial charge in [-0.3, -0.25) is 4.72 Å². The molecule has 6 heteroatoms. The minimum atomic E-state index is -3.39. The van der Waals surface area contributed by atoms with Gasteiger partial charge in [0.05, 0.1) is 15.9 Å². The molecule has 0 aliphatic heterocycles. The van der Waals surface area contributed by atoms with E-state index >= 15 is 0 Å². The van der Waals surface area contributed by atoms with Gasteiger partial charge in [-0.2, -0.15) is 0 Å². The maximum absolute atomic E-state index is 13.2. The molecule has 0 saturated carbocycles. The van der Waals surface area contributed by atoms with Gasteiger partial charge in [-0.1, -0.05) is 13.8 Å². The molecular formula is C11H15BrFNO2S. The van der Waals surface area contributed by atoms with Gasteiger partial charge in [0.15, 0.2) is 0 Å². The van der Waals surface area contributed by atoms with Gasteiger partial charge in [-0.25, -0.2) is 12.8 Å². The predicted octanol–water partition coefficient (Wildman–Crippen LogP) is 3.38. The molecule has 1 rings (SSSR count). The van der Waals surface area contributed by atoms with Crippen molar-refractivity contribution >= 4 is 31.6 Å². The minimum absolute atomic E-state index is 0.0440. The third-order valence-electron chi connectivity index (χ3n) is 2.16. The van der Waals surface area contributed by atoms with Crippen LogP contribution >= 0.6 is 15.9 Å². The van der Waals surface area contributed by atoms with Crippen LogP contribution in [0.25, 0.3) is 0 Å². The quantitative estimate of drug-likeness (QED) is 0.902. The Kier molecular flexibility index (Phi) is 4.94. The zero-order valence-corrected chi connectivity index (χ0v) is 12.1. The molecule has 0 radical (unpaired) electrons. The third-order valence-corrected chi connectivity index (χ3v) is 4.12. The van der Waals surface area contributed by atoms with Gasteiger partial charge in [0.2, 0.25) is 10.0 Å². The maximum Gasteiger partial charge on any atom is 0.232 e. The minimum Gasteiger partial charge on any atom is -0.283 e. The van der Waals surface area contributed by atoms with Crippen LogP contribution in [0.4, 0.5) is 10.1 Å². The molecular weight excluding hydrogens is 309 g/mol. The van der Waals surface area contributed by atoms with Crippen molar-refractivity contribution in [3.8, 4) is 0 Å². The van der Waals surface area contributed by atoms with Gasteiger partial charge in [0, 0.05) is 0 Å². The van der Waals surface area contributed by atoms with Crippen molar-refractivity contribution in [2.24, 2.45) is 5.92 Å². The fourth-order valence-electron chi connectivity index (χ4n) is 1.18. The summed E-state index contributed by atoms with van der Waals surface area (Å²) in [6.07, 6.45) is 0.578. The summed E-state index contributed by atoms with van der Waals surface area (Å²) in [6.45, 7) is 3.91. The molecule has 0 saturated heterocycles. The normalized spacial score (nSPS) is 11.8. The molecule has 3 nitrogen and oxygen atoms in total. The molecule has 1 aromatic carbocycles. The van der Waals surface area contributed by atoms with E-state index in [9.17, 15) is 12.8 Å². The van der Waals surface area contributed by atoms with Gasteiger partial charge in [0.1, 0.15) is 5.82 Å². The second-order valence-corrected chi connectivity index (χ2v) is 6.93. The average Bonchev–Trinajstić information content (AvgIpc) is 2.21. The lowest BCUT2D eigenvalue weighted by molar-refractivity contribution is 0.578. The van der Waals surface area contributed by atoms with Crippen molar-refractivity contribution in [2.75, 3.05) is 10.5 Å². The summed E-state index contributed by atoms with van der Waals surface area (Å²) >= 11 is 3.01. The van der Waals surface area contributed by atoms with E-state index in [0.29, 0.717) is 16.8 Å². The third kappa shape index (κ3) is 5.04. The van der Waals surface area contributed by atoms with Gasteiger partial charge in [-0.05, 0) is 46.5 Å². The maximum atomic E-state index is 13.2. The molecule has 0 atom stereocenters. The molecule has 0 bridgehead atoms. The Morgan fingerprint density at radius 1 is 1.41 bits per heavy atom. The molecule has 0 aromatic heterocycles. The molecule has 0 spiro atoms. The standard InChI is InChI=1S/C11H15BrFNO2S/c1-8(2)5-6-17(15,16)14-9-3-4-10(12)11(13)7-9/h3-4,7-8,14H,5-6H2,1-2H3. The topological polar surface area (TPSA) is 46.2 Å². The van der Waals surface area contributed by atoms with Crippen LogP contribution in [0.1, 0.15) is 20.3 Å². The summed E-state index contributed by atoms with van der Waals surface area (Å²) in [5.74, 6) is -0.134. The second kappa shape index (κ2) is 5.82. The number of hydrogen-bond donors (Lipinski definition) is 1.